The Kier molecular flexibility index (Phi) is 13.3. The molecule has 0 saturated heterocycles. The van der Waals surface area contributed by atoms with Crippen molar-refractivity contribution in [2.45, 2.75) is 102 Å². The van der Waals surface area contributed by atoms with Crippen LogP contribution in [0.15, 0.2) is 0 Å². The molecule has 2 atom stereocenters. The van der Waals surface area contributed by atoms with Crippen LogP contribution in [0.2, 0.25) is 0 Å². The summed E-state index contributed by atoms with van der Waals surface area (Å²) in [4.78, 5) is 10.4. The minimum absolute atomic E-state index is 0.186. The number of carbonyl (C=O) groups is 1. The monoisotopic (exact) mass is 364 g/mol. The fraction of sp³-hybridized carbons (Fsp3) is 0.944. The number of aliphatic hydroxyl groups is 1. The molecule has 0 aliphatic rings. The molecule has 0 spiro atoms. The molecule has 0 aromatic rings. The molecule has 0 amide bonds. The van der Waals surface area contributed by atoms with Gasteiger partial charge in [0.25, 0.3) is 0 Å². The maximum Gasteiger partial charge on any atom is 0.303 e. The molecule has 24 heavy (non-hydrogen) atoms. The number of rotatable bonds is 16. The topological polar surface area (TPSA) is 91.7 Å². The van der Waals surface area contributed by atoms with Gasteiger partial charge in [0.05, 0.1) is 11.4 Å². The number of carboxylic acids is 1. The molecule has 0 radical (unpaired) electrons. The van der Waals surface area contributed by atoms with Crippen molar-refractivity contribution in [2.75, 3.05) is 6.26 Å². The van der Waals surface area contributed by atoms with Gasteiger partial charge in [-0.25, -0.2) is 8.42 Å². The Balaban J connectivity index is 3.96. The second-order valence-corrected chi connectivity index (χ2v) is 9.20. The van der Waals surface area contributed by atoms with Gasteiger partial charge in [0.2, 0.25) is 0 Å². The molecule has 0 bridgehead atoms. The van der Waals surface area contributed by atoms with Crippen molar-refractivity contribution in [1.82, 2.24) is 0 Å². The maximum absolute atomic E-state index is 11.9. The van der Waals surface area contributed by atoms with E-state index in [0.717, 1.165) is 51.4 Å². The van der Waals surface area contributed by atoms with E-state index in [1.165, 1.54) is 6.26 Å². The zero-order valence-electron chi connectivity index (χ0n) is 15.4. The third-order valence-corrected chi connectivity index (χ3v) is 6.16. The molecule has 0 aliphatic heterocycles. The van der Waals surface area contributed by atoms with Crippen molar-refractivity contribution in [3.05, 3.63) is 0 Å². The first-order valence-electron chi connectivity index (χ1n) is 9.36. The number of unbranched alkanes of at least 4 members (excludes halogenated alkanes) is 5. The maximum atomic E-state index is 11.9. The third kappa shape index (κ3) is 13.8. The van der Waals surface area contributed by atoms with Gasteiger partial charge in [0.1, 0.15) is 9.84 Å². The van der Waals surface area contributed by atoms with E-state index >= 15 is 0 Å². The first-order chi connectivity index (χ1) is 11.3. The van der Waals surface area contributed by atoms with Crippen LogP contribution >= 0.6 is 0 Å². The van der Waals surface area contributed by atoms with Gasteiger partial charge in [0.15, 0.2) is 0 Å². The van der Waals surface area contributed by atoms with E-state index in [0.29, 0.717) is 25.7 Å². The normalized spacial score (nSPS) is 14.5. The van der Waals surface area contributed by atoms with E-state index in [4.69, 9.17) is 5.11 Å². The number of sulfone groups is 1. The number of aliphatic carboxylic acids is 1. The molecule has 0 fully saturated rings. The number of aliphatic hydroxyl groups excluding tert-OH is 1. The van der Waals surface area contributed by atoms with Crippen LogP contribution < -0.4 is 0 Å². The lowest BCUT2D eigenvalue weighted by molar-refractivity contribution is -0.137. The van der Waals surface area contributed by atoms with E-state index in [1.807, 2.05) is 0 Å². The van der Waals surface area contributed by atoms with Crippen LogP contribution in [0, 0.1) is 0 Å². The molecule has 144 valence electrons. The Morgan fingerprint density at radius 1 is 0.875 bits per heavy atom. The number of hydrogen-bond acceptors (Lipinski definition) is 4. The second kappa shape index (κ2) is 13.6. The first kappa shape index (κ1) is 23.4. The Morgan fingerprint density at radius 2 is 1.42 bits per heavy atom. The van der Waals surface area contributed by atoms with Gasteiger partial charge >= 0.3 is 5.97 Å². The molecule has 2 N–H and O–H groups in total. The van der Waals surface area contributed by atoms with E-state index in [9.17, 15) is 18.3 Å². The molecule has 0 rings (SSSR count). The molecule has 5 nitrogen and oxygen atoms in total. The average Bonchev–Trinajstić information content (AvgIpc) is 2.47. The summed E-state index contributed by atoms with van der Waals surface area (Å²) in [5.74, 6) is -0.776. The Hall–Kier alpha value is -0.620. The summed E-state index contributed by atoms with van der Waals surface area (Å²) in [6.45, 7) is 2.13. The minimum Gasteiger partial charge on any atom is -0.481 e. The van der Waals surface area contributed by atoms with Gasteiger partial charge in [0, 0.05) is 12.7 Å². The van der Waals surface area contributed by atoms with Crippen LogP contribution in [-0.2, 0) is 14.6 Å². The van der Waals surface area contributed by atoms with Gasteiger partial charge in [-0.2, -0.15) is 0 Å². The highest BCUT2D eigenvalue weighted by Gasteiger charge is 2.20. The van der Waals surface area contributed by atoms with Crippen LogP contribution in [-0.4, -0.2) is 42.2 Å². The van der Waals surface area contributed by atoms with Gasteiger partial charge < -0.3 is 10.2 Å². The van der Waals surface area contributed by atoms with Gasteiger partial charge in [-0.1, -0.05) is 45.4 Å². The quantitative estimate of drug-likeness (QED) is 0.405. The van der Waals surface area contributed by atoms with Crippen LogP contribution in [0.5, 0.6) is 0 Å². The number of hydrogen-bond donors (Lipinski definition) is 2. The largest absolute Gasteiger partial charge is 0.481 e. The van der Waals surface area contributed by atoms with Gasteiger partial charge in [-0.15, -0.1) is 0 Å². The van der Waals surface area contributed by atoms with E-state index < -0.39 is 15.8 Å². The summed E-state index contributed by atoms with van der Waals surface area (Å²) in [5.41, 5.74) is 0. The molecule has 0 aromatic carbocycles. The Bertz CT molecular complexity index is 419. The number of carboxylic acid groups (broad SMARTS) is 1. The van der Waals surface area contributed by atoms with Gasteiger partial charge in [-0.3, -0.25) is 4.79 Å². The second-order valence-electron chi connectivity index (χ2n) is 6.88. The van der Waals surface area contributed by atoms with Crippen molar-refractivity contribution in [3.63, 3.8) is 0 Å². The molecule has 0 aliphatic carbocycles. The molecule has 0 heterocycles. The summed E-state index contributed by atoms with van der Waals surface area (Å²) in [6.07, 6.45) is 11.1. The highest BCUT2D eigenvalue weighted by molar-refractivity contribution is 7.91. The van der Waals surface area contributed by atoms with Crippen molar-refractivity contribution in [1.29, 1.82) is 0 Å². The zero-order valence-corrected chi connectivity index (χ0v) is 16.2. The average molecular weight is 365 g/mol. The van der Waals surface area contributed by atoms with E-state index in [2.05, 4.69) is 6.92 Å². The summed E-state index contributed by atoms with van der Waals surface area (Å²) in [5, 5.41) is 18.2. The summed E-state index contributed by atoms with van der Waals surface area (Å²) >= 11 is 0. The van der Waals surface area contributed by atoms with E-state index in [1.54, 1.807) is 0 Å². The molecule has 0 aromatic heterocycles. The molecular formula is C18H36O5S. The van der Waals surface area contributed by atoms with Gasteiger partial charge in [-0.05, 0) is 38.5 Å². The van der Waals surface area contributed by atoms with Crippen LogP contribution in [0.3, 0.4) is 0 Å². The highest BCUT2D eigenvalue weighted by Crippen LogP contribution is 2.19. The predicted molar refractivity (Wildman–Crippen MR) is 98.0 cm³/mol. The van der Waals surface area contributed by atoms with Crippen molar-refractivity contribution >= 4 is 15.8 Å². The standard InChI is InChI=1S/C18H36O5S/c1-3-4-7-11-16(19)12-10-14-17(24(2,22)23)13-8-5-6-9-15-18(20)21/h16-17,19H,3-15H2,1-2H3,(H,20,21)/t16-,17?/m1/s1. The lowest BCUT2D eigenvalue weighted by atomic mass is 10.0. The first-order valence-corrected chi connectivity index (χ1v) is 11.3. The Morgan fingerprint density at radius 3 is 2.00 bits per heavy atom. The highest BCUT2D eigenvalue weighted by atomic mass is 32.2. The van der Waals surface area contributed by atoms with E-state index in [-0.39, 0.29) is 17.8 Å². The lowest BCUT2D eigenvalue weighted by Gasteiger charge is -2.16. The van der Waals surface area contributed by atoms with Crippen molar-refractivity contribution in [2.24, 2.45) is 0 Å². The minimum atomic E-state index is -3.07. The Labute approximate surface area is 147 Å². The molecular weight excluding hydrogens is 328 g/mol. The van der Waals surface area contributed by atoms with Crippen LogP contribution in [0.25, 0.3) is 0 Å². The van der Waals surface area contributed by atoms with Crippen LogP contribution in [0.4, 0.5) is 0 Å². The SMILES string of the molecule is CCCCC[C@@H](O)CCCC(CCCCCCC(=O)O)S(C)(=O)=O. The lowest BCUT2D eigenvalue weighted by Crippen LogP contribution is -2.20. The molecule has 6 heteroatoms. The fourth-order valence-corrected chi connectivity index (χ4v) is 4.12. The van der Waals surface area contributed by atoms with Crippen molar-refractivity contribution in [3.8, 4) is 0 Å². The fourth-order valence-electron chi connectivity index (χ4n) is 2.93. The van der Waals surface area contributed by atoms with Crippen molar-refractivity contribution < 1.29 is 23.4 Å². The predicted octanol–water partition coefficient (Wildman–Crippen LogP) is 3.94. The third-order valence-electron chi connectivity index (χ3n) is 4.48. The van der Waals surface area contributed by atoms with Crippen LogP contribution in [0.1, 0.15) is 90.4 Å². The summed E-state index contributed by atoms with van der Waals surface area (Å²) in [7, 11) is -3.07. The smallest absolute Gasteiger partial charge is 0.303 e. The zero-order chi connectivity index (χ0) is 18.4. The summed E-state index contributed by atoms with van der Waals surface area (Å²) < 4.78 is 23.8. The molecule has 1 unspecified atom stereocenters. The summed E-state index contributed by atoms with van der Waals surface area (Å²) in [6, 6.07) is 0. The molecule has 0 saturated carbocycles.